The molecule has 0 bridgehead atoms. The highest BCUT2D eigenvalue weighted by atomic mass is 35.5. The number of ether oxygens (including phenoxy) is 2. The van der Waals surface area contributed by atoms with Gasteiger partial charge in [-0.25, -0.2) is 0 Å². The molecule has 1 amide bonds. The standard InChI is InChI=1S/C35H35ClN4O4/c1-23(22-43-33-18-24-5-6-26(36)16-25(24)17-30(33)34(37)41)31-21-40(15-14-39-12-9-35(2,42)10-13-39)32-19-27(7-8-29(31)32)44-28-4-3-11-38-20-28/h3-8,11,16-21,42H,1,9-10,12-15,22H2,2H3,(H2,37,41). The fourth-order valence-electron chi connectivity index (χ4n) is 5.66. The summed E-state index contributed by atoms with van der Waals surface area (Å²) in [6.07, 6.45) is 7.01. The topological polar surface area (TPSA) is 103 Å². The van der Waals surface area contributed by atoms with Gasteiger partial charge >= 0.3 is 0 Å². The van der Waals surface area contributed by atoms with Gasteiger partial charge in [0.25, 0.3) is 5.91 Å². The molecule has 8 nitrogen and oxygen atoms in total. The summed E-state index contributed by atoms with van der Waals surface area (Å²) in [5.41, 5.74) is 8.11. The summed E-state index contributed by atoms with van der Waals surface area (Å²) in [6, 6.07) is 18.7. The van der Waals surface area contributed by atoms with Crippen molar-refractivity contribution in [2.75, 3.05) is 26.2 Å². The molecule has 3 N–H and O–H groups in total. The number of carbonyl (C=O) groups is 1. The monoisotopic (exact) mass is 610 g/mol. The molecule has 3 heterocycles. The van der Waals surface area contributed by atoms with E-state index in [9.17, 15) is 9.90 Å². The zero-order valence-electron chi connectivity index (χ0n) is 24.6. The number of benzene rings is 3. The Morgan fingerprint density at radius 3 is 2.61 bits per heavy atom. The molecule has 1 saturated heterocycles. The number of hydrogen-bond acceptors (Lipinski definition) is 6. The average molecular weight is 611 g/mol. The van der Waals surface area contributed by atoms with E-state index in [4.69, 9.17) is 26.8 Å². The minimum absolute atomic E-state index is 0.160. The lowest BCUT2D eigenvalue weighted by atomic mass is 9.94. The van der Waals surface area contributed by atoms with Crippen molar-refractivity contribution in [2.45, 2.75) is 31.9 Å². The van der Waals surface area contributed by atoms with Crippen LogP contribution in [0.2, 0.25) is 5.02 Å². The van der Waals surface area contributed by atoms with Crippen LogP contribution in [0.25, 0.3) is 27.2 Å². The van der Waals surface area contributed by atoms with Gasteiger partial charge in [-0.15, -0.1) is 0 Å². The van der Waals surface area contributed by atoms with Crippen LogP contribution in [0.3, 0.4) is 0 Å². The first-order chi connectivity index (χ1) is 21.1. The number of piperidine rings is 1. The Morgan fingerprint density at radius 1 is 1.05 bits per heavy atom. The van der Waals surface area contributed by atoms with Crippen LogP contribution in [0.15, 0.2) is 85.8 Å². The summed E-state index contributed by atoms with van der Waals surface area (Å²) in [5, 5.41) is 13.7. The first-order valence-electron chi connectivity index (χ1n) is 14.6. The van der Waals surface area contributed by atoms with Crippen molar-refractivity contribution in [1.82, 2.24) is 14.5 Å². The van der Waals surface area contributed by atoms with Crippen molar-refractivity contribution < 1.29 is 19.4 Å². The number of primary amides is 1. The second-order valence-corrected chi connectivity index (χ2v) is 12.1. The van der Waals surface area contributed by atoms with Crippen LogP contribution >= 0.6 is 11.6 Å². The Hall–Kier alpha value is -4.37. The van der Waals surface area contributed by atoms with Gasteiger partial charge in [0, 0.05) is 60.6 Å². The van der Waals surface area contributed by atoms with Crippen molar-refractivity contribution in [1.29, 1.82) is 0 Å². The molecule has 9 heteroatoms. The van der Waals surface area contributed by atoms with Gasteiger partial charge in [0.05, 0.1) is 22.9 Å². The second kappa shape index (κ2) is 12.3. The maximum Gasteiger partial charge on any atom is 0.252 e. The van der Waals surface area contributed by atoms with Crippen LogP contribution in [0.5, 0.6) is 17.2 Å². The lowest BCUT2D eigenvalue weighted by Gasteiger charge is -2.35. The molecule has 1 aliphatic heterocycles. The Balaban J connectivity index is 1.27. The molecule has 0 saturated carbocycles. The van der Waals surface area contributed by atoms with E-state index in [1.165, 1.54) is 0 Å². The molecule has 0 atom stereocenters. The third-order valence-electron chi connectivity index (χ3n) is 8.26. The smallest absolute Gasteiger partial charge is 0.252 e. The fraction of sp³-hybridized carbons (Fsp3) is 0.257. The largest absolute Gasteiger partial charge is 0.488 e. The van der Waals surface area contributed by atoms with Crippen molar-refractivity contribution >= 4 is 44.8 Å². The first kappa shape index (κ1) is 29.7. The summed E-state index contributed by atoms with van der Waals surface area (Å²) in [5.74, 6) is 1.18. The Labute approximate surface area is 261 Å². The van der Waals surface area contributed by atoms with Gasteiger partial charge in [-0.05, 0) is 84.6 Å². The van der Waals surface area contributed by atoms with Crippen molar-refractivity contribution in [3.63, 3.8) is 0 Å². The highest BCUT2D eigenvalue weighted by Gasteiger charge is 2.27. The molecule has 44 heavy (non-hydrogen) atoms. The lowest BCUT2D eigenvalue weighted by molar-refractivity contribution is -0.00584. The lowest BCUT2D eigenvalue weighted by Crippen LogP contribution is -2.43. The number of rotatable bonds is 10. The number of hydrogen-bond donors (Lipinski definition) is 2. The summed E-state index contributed by atoms with van der Waals surface area (Å²) < 4.78 is 14.5. The van der Waals surface area contributed by atoms with E-state index in [0.29, 0.717) is 22.3 Å². The maximum atomic E-state index is 12.3. The molecular formula is C35H35ClN4O4. The van der Waals surface area contributed by atoms with Crippen molar-refractivity contribution in [3.05, 3.63) is 102 Å². The number of nitrogens with two attached hydrogens (primary N) is 1. The molecular weight excluding hydrogens is 576 g/mol. The minimum Gasteiger partial charge on any atom is -0.488 e. The Morgan fingerprint density at radius 2 is 1.86 bits per heavy atom. The predicted octanol–water partition coefficient (Wildman–Crippen LogP) is 6.67. The maximum absolute atomic E-state index is 12.3. The molecule has 0 radical (unpaired) electrons. The van der Waals surface area contributed by atoms with Crippen LogP contribution in [0.1, 0.15) is 35.7 Å². The molecule has 1 fully saturated rings. The van der Waals surface area contributed by atoms with E-state index in [2.05, 4.69) is 27.2 Å². The predicted molar refractivity (Wildman–Crippen MR) is 175 cm³/mol. The Kier molecular flexibility index (Phi) is 8.31. The number of aliphatic hydroxyl groups is 1. The molecule has 2 aromatic heterocycles. The van der Waals surface area contributed by atoms with Gasteiger partial charge in [-0.3, -0.25) is 9.78 Å². The van der Waals surface area contributed by atoms with Gasteiger partial charge in [0.2, 0.25) is 0 Å². The molecule has 226 valence electrons. The first-order valence-corrected chi connectivity index (χ1v) is 15.0. The van der Waals surface area contributed by atoms with Gasteiger partial charge in [0.1, 0.15) is 23.9 Å². The summed E-state index contributed by atoms with van der Waals surface area (Å²) in [7, 11) is 0. The van der Waals surface area contributed by atoms with Gasteiger partial charge in [-0.1, -0.05) is 24.2 Å². The van der Waals surface area contributed by atoms with Crippen LogP contribution in [0.4, 0.5) is 0 Å². The summed E-state index contributed by atoms with van der Waals surface area (Å²) in [4.78, 5) is 18.8. The number of nitrogens with zero attached hydrogens (tertiary/aromatic N) is 3. The number of pyridine rings is 1. The van der Waals surface area contributed by atoms with Crippen LogP contribution < -0.4 is 15.2 Å². The fourth-order valence-corrected chi connectivity index (χ4v) is 5.84. The van der Waals surface area contributed by atoms with E-state index >= 15 is 0 Å². The van der Waals surface area contributed by atoms with E-state index in [-0.39, 0.29) is 12.2 Å². The highest BCUT2D eigenvalue weighted by Crippen LogP contribution is 2.33. The van der Waals surface area contributed by atoms with E-state index in [1.54, 1.807) is 36.7 Å². The Bertz CT molecular complexity index is 1840. The van der Waals surface area contributed by atoms with Crippen LogP contribution in [-0.4, -0.2) is 57.3 Å². The molecule has 0 spiro atoms. The van der Waals surface area contributed by atoms with Crippen molar-refractivity contribution in [2.24, 2.45) is 5.73 Å². The second-order valence-electron chi connectivity index (χ2n) is 11.6. The number of likely N-dealkylation sites (tertiary alicyclic amines) is 1. The van der Waals surface area contributed by atoms with E-state index < -0.39 is 11.5 Å². The van der Waals surface area contributed by atoms with E-state index in [0.717, 1.165) is 71.8 Å². The molecule has 5 aromatic rings. The average Bonchev–Trinajstić information content (AvgIpc) is 3.37. The number of amides is 1. The number of fused-ring (bicyclic) bond motifs is 2. The quantitative estimate of drug-likeness (QED) is 0.183. The number of carbonyl (C=O) groups excluding carboxylic acids is 1. The number of halogens is 1. The van der Waals surface area contributed by atoms with Crippen molar-refractivity contribution in [3.8, 4) is 17.2 Å². The SMILES string of the molecule is C=C(COc1cc2ccc(Cl)cc2cc1C(N)=O)c1cn(CCN2CCC(C)(O)CC2)c2cc(Oc3cccnc3)ccc12. The van der Waals surface area contributed by atoms with Crippen LogP contribution in [0, 0.1) is 0 Å². The summed E-state index contributed by atoms with van der Waals surface area (Å²) in [6.45, 7) is 9.74. The highest BCUT2D eigenvalue weighted by molar-refractivity contribution is 6.31. The van der Waals surface area contributed by atoms with Gasteiger partial charge < -0.3 is 29.8 Å². The van der Waals surface area contributed by atoms with Crippen LogP contribution in [-0.2, 0) is 6.54 Å². The zero-order valence-corrected chi connectivity index (χ0v) is 25.4. The number of aromatic nitrogens is 2. The molecule has 1 aliphatic rings. The minimum atomic E-state index is -0.591. The molecule has 0 unspecified atom stereocenters. The van der Waals surface area contributed by atoms with E-state index in [1.807, 2.05) is 43.3 Å². The normalized spacial score (nSPS) is 15.0. The third kappa shape index (κ3) is 6.58. The summed E-state index contributed by atoms with van der Waals surface area (Å²) >= 11 is 6.15. The van der Waals surface area contributed by atoms with Gasteiger partial charge in [-0.2, -0.15) is 0 Å². The molecule has 3 aromatic carbocycles. The molecule has 6 rings (SSSR count). The third-order valence-corrected chi connectivity index (χ3v) is 8.50. The molecule has 0 aliphatic carbocycles. The van der Waals surface area contributed by atoms with Gasteiger partial charge in [0.15, 0.2) is 0 Å². The zero-order chi connectivity index (χ0) is 30.8.